The summed E-state index contributed by atoms with van der Waals surface area (Å²) < 4.78 is 17.9. The third kappa shape index (κ3) is 5.14. The van der Waals surface area contributed by atoms with E-state index in [1.807, 2.05) is 26.8 Å². The van der Waals surface area contributed by atoms with E-state index in [1.54, 1.807) is 29.2 Å². The van der Waals surface area contributed by atoms with Gasteiger partial charge in [-0.25, -0.2) is 9.59 Å². The number of likely N-dealkylation sites (tertiary alicyclic amines) is 1. The second-order valence-electron chi connectivity index (χ2n) is 8.58. The van der Waals surface area contributed by atoms with E-state index in [2.05, 4.69) is 0 Å². The molecule has 2 heterocycles. The molecule has 1 amide bonds. The number of aromatic nitrogens is 1. The molecule has 0 aliphatic carbocycles. The second kappa shape index (κ2) is 9.22. The van der Waals surface area contributed by atoms with Gasteiger partial charge in [-0.15, -0.1) is 0 Å². The lowest BCUT2D eigenvalue weighted by Crippen LogP contribution is -2.46. The maximum atomic E-state index is 12.4. The normalized spacial score (nSPS) is 16.2. The number of methoxy groups -OCH3 is 1. The Morgan fingerprint density at radius 3 is 2.50 bits per heavy atom. The monoisotopic (exact) mass is 440 g/mol. The number of amides is 1. The number of carbonyl (C=O) groups excluding carboxylic acids is 2. The van der Waals surface area contributed by atoms with Crippen LogP contribution >= 0.6 is 0 Å². The van der Waals surface area contributed by atoms with Crippen molar-refractivity contribution in [1.29, 1.82) is 5.26 Å². The van der Waals surface area contributed by atoms with Crippen molar-refractivity contribution >= 4 is 17.7 Å². The number of esters is 1. The molecule has 2 N–H and O–H groups in total. The lowest BCUT2D eigenvalue weighted by atomic mass is 10.1. The summed E-state index contributed by atoms with van der Waals surface area (Å²) in [5.74, 6) is -0.00110. The highest BCUT2D eigenvalue weighted by Crippen LogP contribution is 2.27. The van der Waals surface area contributed by atoms with Crippen molar-refractivity contribution < 1.29 is 23.8 Å². The van der Waals surface area contributed by atoms with Crippen LogP contribution in [0.1, 0.15) is 49.7 Å². The van der Waals surface area contributed by atoms with Crippen molar-refractivity contribution in [1.82, 2.24) is 9.47 Å². The van der Waals surface area contributed by atoms with E-state index in [4.69, 9.17) is 19.9 Å². The highest BCUT2D eigenvalue weighted by molar-refractivity contribution is 5.95. The highest BCUT2D eigenvalue weighted by Gasteiger charge is 2.28. The van der Waals surface area contributed by atoms with Crippen molar-refractivity contribution in [2.75, 3.05) is 25.9 Å². The molecule has 1 fully saturated rings. The number of hydrogen-bond acceptors (Lipinski definition) is 7. The van der Waals surface area contributed by atoms with Gasteiger partial charge in [-0.2, -0.15) is 5.26 Å². The molecular weight excluding hydrogens is 412 g/mol. The van der Waals surface area contributed by atoms with Gasteiger partial charge in [0, 0.05) is 18.4 Å². The van der Waals surface area contributed by atoms with Gasteiger partial charge in [0.15, 0.2) is 5.69 Å². The van der Waals surface area contributed by atoms with Crippen LogP contribution in [0.2, 0.25) is 0 Å². The first-order valence-corrected chi connectivity index (χ1v) is 10.4. The molecule has 0 bridgehead atoms. The summed E-state index contributed by atoms with van der Waals surface area (Å²) in [6.45, 7) is 6.61. The number of hydrogen-bond donors (Lipinski definition) is 1. The Morgan fingerprint density at radius 1 is 1.22 bits per heavy atom. The maximum Gasteiger partial charge on any atom is 0.410 e. The third-order valence-electron chi connectivity index (χ3n) is 4.99. The second-order valence-corrected chi connectivity index (χ2v) is 8.58. The van der Waals surface area contributed by atoms with Crippen molar-refractivity contribution in [3.63, 3.8) is 0 Å². The van der Waals surface area contributed by atoms with E-state index in [0.717, 1.165) is 12.8 Å². The number of nitrogens with two attached hydrogens (primary N) is 1. The van der Waals surface area contributed by atoms with E-state index >= 15 is 0 Å². The molecule has 170 valence electrons. The van der Waals surface area contributed by atoms with Crippen LogP contribution in [-0.2, 0) is 9.47 Å². The summed E-state index contributed by atoms with van der Waals surface area (Å²) in [5, 5.41) is 9.25. The minimum Gasteiger partial charge on any atom is -0.489 e. The van der Waals surface area contributed by atoms with Crippen LogP contribution in [-0.4, -0.2) is 53.4 Å². The summed E-state index contributed by atoms with van der Waals surface area (Å²) in [7, 11) is 1.26. The van der Waals surface area contributed by atoms with Crippen LogP contribution in [0, 0.1) is 11.3 Å². The molecule has 2 aromatic rings. The Kier molecular flexibility index (Phi) is 6.63. The van der Waals surface area contributed by atoms with E-state index in [-0.39, 0.29) is 29.1 Å². The Balaban J connectivity index is 1.73. The fourth-order valence-electron chi connectivity index (χ4n) is 3.52. The topological polar surface area (TPSA) is 120 Å². The van der Waals surface area contributed by atoms with Gasteiger partial charge in [-0.1, -0.05) is 0 Å². The molecule has 1 aromatic heterocycles. The quantitative estimate of drug-likeness (QED) is 0.723. The summed E-state index contributed by atoms with van der Waals surface area (Å²) in [5.41, 5.74) is 6.39. The van der Waals surface area contributed by atoms with Crippen LogP contribution in [0.4, 0.5) is 10.5 Å². The molecule has 0 saturated carbocycles. The lowest BCUT2D eigenvalue weighted by Gasteiger charge is -2.34. The van der Waals surface area contributed by atoms with E-state index < -0.39 is 11.6 Å². The Labute approximate surface area is 187 Å². The van der Waals surface area contributed by atoms with Crippen molar-refractivity contribution in [3.8, 4) is 17.5 Å². The predicted molar refractivity (Wildman–Crippen MR) is 118 cm³/mol. The number of carbonyl (C=O) groups is 2. The third-order valence-corrected chi connectivity index (χ3v) is 4.99. The minimum absolute atomic E-state index is 0.0733. The van der Waals surface area contributed by atoms with Gasteiger partial charge >= 0.3 is 12.1 Å². The lowest BCUT2D eigenvalue weighted by molar-refractivity contribution is 0.00775. The molecule has 0 spiro atoms. The zero-order valence-corrected chi connectivity index (χ0v) is 18.8. The van der Waals surface area contributed by atoms with Gasteiger partial charge in [0.25, 0.3) is 0 Å². The SMILES string of the molecule is COC(=O)c1c(N)c(C#N)cn1-c1ccc(OC2CCCN(C(=O)OC(C)(C)C)C2)cc1. The first kappa shape index (κ1) is 23.0. The molecule has 1 aliphatic rings. The first-order chi connectivity index (χ1) is 15.1. The fourth-order valence-corrected chi connectivity index (χ4v) is 3.52. The van der Waals surface area contributed by atoms with E-state index in [9.17, 15) is 14.9 Å². The number of benzene rings is 1. The number of nitrogen functional groups attached to an aromatic ring is 1. The van der Waals surface area contributed by atoms with Crippen LogP contribution < -0.4 is 10.5 Å². The molecule has 1 atom stereocenters. The number of nitriles is 1. The molecule has 1 unspecified atom stereocenters. The number of rotatable bonds is 4. The summed E-state index contributed by atoms with van der Waals surface area (Å²) in [6.07, 6.45) is 2.66. The van der Waals surface area contributed by atoms with Crippen LogP contribution in [0.3, 0.4) is 0 Å². The van der Waals surface area contributed by atoms with Gasteiger partial charge in [-0.3, -0.25) is 0 Å². The molecule has 1 saturated heterocycles. The molecule has 1 aromatic carbocycles. The van der Waals surface area contributed by atoms with Gasteiger partial charge in [0.05, 0.1) is 24.9 Å². The zero-order valence-electron chi connectivity index (χ0n) is 18.8. The van der Waals surface area contributed by atoms with Crippen molar-refractivity contribution in [3.05, 3.63) is 41.7 Å². The van der Waals surface area contributed by atoms with Crippen LogP contribution in [0.5, 0.6) is 5.75 Å². The number of piperidine rings is 1. The zero-order chi connectivity index (χ0) is 23.5. The largest absolute Gasteiger partial charge is 0.489 e. The van der Waals surface area contributed by atoms with Crippen molar-refractivity contribution in [2.45, 2.75) is 45.3 Å². The van der Waals surface area contributed by atoms with E-state index in [1.165, 1.54) is 17.9 Å². The van der Waals surface area contributed by atoms with Gasteiger partial charge in [-0.05, 0) is 57.9 Å². The Hall–Kier alpha value is -3.67. The van der Waals surface area contributed by atoms with Crippen LogP contribution in [0.15, 0.2) is 30.5 Å². The smallest absolute Gasteiger partial charge is 0.410 e. The fraction of sp³-hybridized carbons (Fsp3) is 0.435. The highest BCUT2D eigenvalue weighted by atomic mass is 16.6. The Bertz CT molecular complexity index is 1030. The minimum atomic E-state index is -0.631. The molecule has 0 radical (unpaired) electrons. The predicted octanol–water partition coefficient (Wildman–Crippen LogP) is 3.50. The first-order valence-electron chi connectivity index (χ1n) is 10.4. The summed E-state index contributed by atoms with van der Waals surface area (Å²) in [6, 6.07) is 9.04. The summed E-state index contributed by atoms with van der Waals surface area (Å²) >= 11 is 0. The molecule has 9 nitrogen and oxygen atoms in total. The molecule has 9 heteroatoms. The number of ether oxygens (including phenoxy) is 3. The van der Waals surface area contributed by atoms with Crippen LogP contribution in [0.25, 0.3) is 5.69 Å². The van der Waals surface area contributed by atoms with Gasteiger partial charge < -0.3 is 29.4 Å². The standard InChI is InChI=1S/C23H28N4O5/c1-23(2,3)32-22(29)26-11-5-6-18(14-26)31-17-9-7-16(8-10-17)27-13-15(12-24)19(25)20(27)21(28)30-4/h7-10,13,18H,5-6,11,14,25H2,1-4H3. The molecule has 3 rings (SSSR count). The van der Waals surface area contributed by atoms with Gasteiger partial charge in [0.2, 0.25) is 0 Å². The average molecular weight is 441 g/mol. The molecule has 1 aliphatic heterocycles. The van der Waals surface area contributed by atoms with E-state index in [0.29, 0.717) is 24.5 Å². The number of anilines is 1. The number of nitrogens with zero attached hydrogens (tertiary/aromatic N) is 3. The maximum absolute atomic E-state index is 12.4. The summed E-state index contributed by atoms with van der Waals surface area (Å²) in [4.78, 5) is 26.2. The molecular formula is C23H28N4O5. The Morgan fingerprint density at radius 2 is 1.91 bits per heavy atom. The average Bonchev–Trinajstić information content (AvgIpc) is 3.09. The van der Waals surface area contributed by atoms with Crippen molar-refractivity contribution in [2.24, 2.45) is 0 Å². The molecule has 32 heavy (non-hydrogen) atoms. The van der Waals surface area contributed by atoms with Gasteiger partial charge in [0.1, 0.15) is 23.5 Å².